The van der Waals surface area contributed by atoms with E-state index in [1.54, 1.807) is 24.3 Å². The van der Waals surface area contributed by atoms with E-state index in [2.05, 4.69) is 10.3 Å². The van der Waals surface area contributed by atoms with Crippen LogP contribution in [0.5, 0.6) is 0 Å². The van der Waals surface area contributed by atoms with Gasteiger partial charge >= 0.3 is 5.97 Å². The van der Waals surface area contributed by atoms with Gasteiger partial charge < -0.3 is 19.9 Å². The van der Waals surface area contributed by atoms with Crippen molar-refractivity contribution < 1.29 is 19.4 Å². The van der Waals surface area contributed by atoms with Crippen molar-refractivity contribution in [2.45, 2.75) is 25.5 Å². The second-order valence-corrected chi connectivity index (χ2v) is 5.45. The zero-order valence-electron chi connectivity index (χ0n) is 12.0. The van der Waals surface area contributed by atoms with Crippen molar-refractivity contribution in [3.8, 4) is 0 Å². The minimum absolute atomic E-state index is 0.0332. The first-order chi connectivity index (χ1) is 10.5. The zero-order chi connectivity index (χ0) is 16.1. The molecule has 2 atom stereocenters. The van der Waals surface area contributed by atoms with Crippen molar-refractivity contribution in [1.29, 1.82) is 0 Å². The Labute approximate surface area is 132 Å². The predicted octanol–water partition coefficient (Wildman–Crippen LogP) is 2.28. The number of rotatable bonds is 7. The highest BCUT2D eigenvalue weighted by Gasteiger charge is 2.14. The highest BCUT2D eigenvalue weighted by atomic mass is 35.5. The van der Waals surface area contributed by atoms with E-state index >= 15 is 0 Å². The summed E-state index contributed by atoms with van der Waals surface area (Å²) < 4.78 is 5.09. The summed E-state index contributed by atoms with van der Waals surface area (Å²) in [6.07, 6.45) is 0.862. The van der Waals surface area contributed by atoms with Crippen molar-refractivity contribution in [2.24, 2.45) is 0 Å². The molecule has 3 N–H and O–H groups in total. The van der Waals surface area contributed by atoms with E-state index in [1.165, 1.54) is 0 Å². The zero-order valence-corrected chi connectivity index (χ0v) is 12.7. The minimum atomic E-state index is -1.12. The van der Waals surface area contributed by atoms with Gasteiger partial charge in [0.15, 0.2) is 11.6 Å². The normalized spacial score (nSPS) is 13.8. The maximum absolute atomic E-state index is 10.7. The average molecular weight is 325 g/mol. The van der Waals surface area contributed by atoms with Crippen LogP contribution in [0.3, 0.4) is 0 Å². The van der Waals surface area contributed by atoms with Gasteiger partial charge in [-0.1, -0.05) is 23.7 Å². The summed E-state index contributed by atoms with van der Waals surface area (Å²) >= 11 is 5.89. The van der Waals surface area contributed by atoms with Gasteiger partial charge in [0.05, 0.1) is 6.10 Å². The van der Waals surface area contributed by atoms with Crippen LogP contribution in [-0.4, -0.2) is 33.8 Å². The fourth-order valence-corrected chi connectivity index (χ4v) is 2.18. The van der Waals surface area contributed by atoms with Gasteiger partial charge in [0.1, 0.15) is 6.26 Å². The Hall–Kier alpha value is -1.89. The smallest absolute Gasteiger partial charge is 0.357 e. The molecule has 7 heteroatoms. The molecule has 0 amide bonds. The molecule has 2 rings (SSSR count). The Morgan fingerprint density at radius 2 is 2.27 bits per heavy atom. The summed E-state index contributed by atoms with van der Waals surface area (Å²) in [5, 5.41) is 22.6. The fourth-order valence-electron chi connectivity index (χ4n) is 1.98. The van der Waals surface area contributed by atoms with Crippen LogP contribution >= 0.6 is 11.6 Å². The highest BCUT2D eigenvalue weighted by molar-refractivity contribution is 6.30. The van der Waals surface area contributed by atoms with Crippen molar-refractivity contribution in [3.05, 3.63) is 52.7 Å². The number of carboxylic acid groups (broad SMARTS) is 1. The maximum atomic E-state index is 10.7. The van der Waals surface area contributed by atoms with Gasteiger partial charge in [0.25, 0.3) is 0 Å². The van der Waals surface area contributed by atoms with Gasteiger partial charge in [-0.3, -0.25) is 0 Å². The summed E-state index contributed by atoms with van der Waals surface area (Å²) in [5.41, 5.74) is 0.623. The molecule has 0 radical (unpaired) electrons. The Balaban J connectivity index is 1.84. The van der Waals surface area contributed by atoms with Gasteiger partial charge in [-0.2, -0.15) is 0 Å². The van der Waals surface area contributed by atoms with Crippen LogP contribution < -0.4 is 5.32 Å². The average Bonchev–Trinajstić information content (AvgIpc) is 2.93. The molecule has 0 spiro atoms. The number of hydrogen-bond acceptors (Lipinski definition) is 5. The first-order valence-corrected chi connectivity index (χ1v) is 7.18. The molecule has 1 heterocycles. The second kappa shape index (κ2) is 7.40. The van der Waals surface area contributed by atoms with Crippen LogP contribution in [0.2, 0.25) is 5.02 Å². The molecule has 22 heavy (non-hydrogen) atoms. The lowest BCUT2D eigenvalue weighted by molar-refractivity contribution is 0.0690. The molecule has 0 fully saturated rings. The van der Waals surface area contributed by atoms with Gasteiger partial charge in [0, 0.05) is 24.0 Å². The molecule has 0 aliphatic rings. The summed E-state index contributed by atoms with van der Waals surface area (Å²) in [6, 6.07) is 7.01. The molecule has 0 aliphatic carbocycles. The third-order valence-corrected chi connectivity index (χ3v) is 3.38. The molecular formula is C15H17ClN2O4. The molecule has 2 aromatic rings. The van der Waals surface area contributed by atoms with Crippen molar-refractivity contribution in [1.82, 2.24) is 10.3 Å². The summed E-state index contributed by atoms with van der Waals surface area (Å²) in [4.78, 5) is 14.6. The summed E-state index contributed by atoms with van der Waals surface area (Å²) in [6.45, 7) is 2.24. The molecule has 1 aromatic heterocycles. The van der Waals surface area contributed by atoms with Crippen LogP contribution in [0, 0.1) is 0 Å². The number of aromatic carboxylic acids is 1. The standard InChI is InChI=1S/C15H17ClN2O4/c1-9(5-14-18-12(8-22-14)15(20)21)17-7-13(19)10-3-2-4-11(16)6-10/h2-4,6,8-9,13,17,19H,5,7H2,1H3,(H,20,21)/t9-,13?/m1/s1. The van der Waals surface area contributed by atoms with Crippen molar-refractivity contribution in [3.63, 3.8) is 0 Å². The molecule has 1 unspecified atom stereocenters. The highest BCUT2D eigenvalue weighted by Crippen LogP contribution is 2.17. The minimum Gasteiger partial charge on any atom is -0.476 e. The van der Waals surface area contributed by atoms with Crippen LogP contribution in [0.25, 0.3) is 0 Å². The largest absolute Gasteiger partial charge is 0.476 e. The van der Waals surface area contributed by atoms with E-state index in [0.29, 0.717) is 23.9 Å². The van der Waals surface area contributed by atoms with Crippen LogP contribution in [0.15, 0.2) is 34.9 Å². The van der Waals surface area contributed by atoms with Gasteiger partial charge in [-0.15, -0.1) is 0 Å². The molecule has 6 nitrogen and oxygen atoms in total. The number of nitrogens with one attached hydrogen (secondary N) is 1. The monoisotopic (exact) mass is 324 g/mol. The van der Waals surface area contributed by atoms with E-state index in [9.17, 15) is 9.90 Å². The number of oxazole rings is 1. The van der Waals surface area contributed by atoms with E-state index in [-0.39, 0.29) is 11.7 Å². The SMILES string of the molecule is C[C@H](Cc1nc(C(=O)O)co1)NCC(O)c1cccc(Cl)c1. The number of carboxylic acids is 1. The first-order valence-electron chi connectivity index (χ1n) is 6.80. The van der Waals surface area contributed by atoms with E-state index < -0.39 is 12.1 Å². The molecule has 0 saturated carbocycles. The van der Waals surface area contributed by atoms with Crippen LogP contribution in [0.4, 0.5) is 0 Å². The van der Waals surface area contributed by atoms with Gasteiger partial charge in [0.2, 0.25) is 0 Å². The number of hydrogen-bond donors (Lipinski definition) is 3. The fraction of sp³-hybridized carbons (Fsp3) is 0.333. The molecule has 0 aliphatic heterocycles. The Morgan fingerprint density at radius 3 is 2.91 bits per heavy atom. The number of aromatic nitrogens is 1. The summed E-state index contributed by atoms with van der Waals surface area (Å²) in [7, 11) is 0. The molecular weight excluding hydrogens is 308 g/mol. The second-order valence-electron chi connectivity index (χ2n) is 5.02. The first kappa shape index (κ1) is 16.5. The van der Waals surface area contributed by atoms with Gasteiger partial charge in [-0.05, 0) is 24.6 Å². The third-order valence-electron chi connectivity index (χ3n) is 3.14. The molecule has 0 saturated heterocycles. The number of halogens is 1. The lowest BCUT2D eigenvalue weighted by Gasteiger charge is -2.16. The van der Waals surface area contributed by atoms with E-state index in [4.69, 9.17) is 21.1 Å². The number of carbonyl (C=O) groups is 1. The number of aliphatic hydroxyl groups is 1. The third kappa shape index (κ3) is 4.56. The molecule has 118 valence electrons. The van der Waals surface area contributed by atoms with Crippen molar-refractivity contribution in [2.75, 3.05) is 6.54 Å². The number of aliphatic hydroxyl groups excluding tert-OH is 1. The van der Waals surface area contributed by atoms with E-state index in [1.807, 2.05) is 6.92 Å². The van der Waals surface area contributed by atoms with Crippen molar-refractivity contribution >= 4 is 17.6 Å². The van der Waals surface area contributed by atoms with Gasteiger partial charge in [-0.25, -0.2) is 9.78 Å². The summed E-state index contributed by atoms with van der Waals surface area (Å²) in [5.74, 6) is -0.776. The topological polar surface area (TPSA) is 95.6 Å². The quantitative estimate of drug-likeness (QED) is 0.723. The Kier molecular flexibility index (Phi) is 5.54. The van der Waals surface area contributed by atoms with Crippen LogP contribution in [0.1, 0.15) is 35.0 Å². The molecule has 1 aromatic carbocycles. The van der Waals surface area contributed by atoms with E-state index in [0.717, 1.165) is 11.8 Å². The Bertz CT molecular complexity index is 644. The Morgan fingerprint density at radius 1 is 1.50 bits per heavy atom. The van der Waals surface area contributed by atoms with Crippen LogP contribution in [-0.2, 0) is 6.42 Å². The number of nitrogens with zero attached hydrogens (tertiary/aromatic N) is 1. The lowest BCUT2D eigenvalue weighted by Crippen LogP contribution is -2.32. The molecule has 0 bridgehead atoms. The maximum Gasteiger partial charge on any atom is 0.357 e. The number of benzene rings is 1. The lowest BCUT2D eigenvalue weighted by atomic mass is 10.1. The predicted molar refractivity (Wildman–Crippen MR) is 81.0 cm³/mol.